The summed E-state index contributed by atoms with van der Waals surface area (Å²) in [5.41, 5.74) is 2.48. The van der Waals surface area contributed by atoms with E-state index in [1.807, 2.05) is 6.92 Å². The first kappa shape index (κ1) is 11.8. The molecule has 2 heterocycles. The minimum absolute atomic E-state index is 0.0220. The number of fused-ring (bicyclic) bond motifs is 1. The van der Waals surface area contributed by atoms with Crippen LogP contribution in [0.15, 0.2) is 24.5 Å². The number of anilines is 1. The molecular weight excluding hydrogens is 256 g/mol. The molecule has 1 aliphatic rings. The highest BCUT2D eigenvalue weighted by molar-refractivity contribution is 5.56. The molecule has 0 atom stereocenters. The Morgan fingerprint density at radius 1 is 1.32 bits per heavy atom. The van der Waals surface area contributed by atoms with E-state index < -0.39 is 6.29 Å². The van der Waals surface area contributed by atoms with Gasteiger partial charge in [-0.25, -0.2) is 4.98 Å². The van der Waals surface area contributed by atoms with Crippen molar-refractivity contribution in [3.8, 4) is 11.5 Å². The standard InChI is InChI=1S/C12H11F2N3O2/c1-7-9(17-6-16-7)5-15-8-2-3-10-11(4-8)19-12(13,14)18-10/h2-4,6,15H,5H2,1H3,(H,16,17). The number of aryl methyl sites for hydroxylation is 1. The van der Waals surface area contributed by atoms with E-state index in [9.17, 15) is 8.78 Å². The van der Waals surface area contributed by atoms with Crippen molar-refractivity contribution in [1.82, 2.24) is 9.97 Å². The van der Waals surface area contributed by atoms with Crippen LogP contribution in [0.3, 0.4) is 0 Å². The summed E-state index contributed by atoms with van der Waals surface area (Å²) in [7, 11) is 0. The van der Waals surface area contributed by atoms with Crippen LogP contribution >= 0.6 is 0 Å². The molecule has 0 radical (unpaired) electrons. The number of aromatic amines is 1. The van der Waals surface area contributed by atoms with Crippen LogP contribution in [-0.2, 0) is 6.54 Å². The molecular formula is C12H11F2N3O2. The lowest BCUT2D eigenvalue weighted by Crippen LogP contribution is -2.25. The molecule has 100 valence electrons. The molecule has 0 unspecified atom stereocenters. The molecule has 19 heavy (non-hydrogen) atoms. The monoisotopic (exact) mass is 267 g/mol. The van der Waals surface area contributed by atoms with Gasteiger partial charge in [0, 0.05) is 17.4 Å². The molecule has 0 saturated heterocycles. The number of hydrogen-bond donors (Lipinski definition) is 2. The summed E-state index contributed by atoms with van der Waals surface area (Å²) in [6, 6.07) is 4.56. The number of alkyl halides is 2. The lowest BCUT2D eigenvalue weighted by atomic mass is 10.2. The smallest absolute Gasteiger partial charge is 0.395 e. The van der Waals surface area contributed by atoms with E-state index in [4.69, 9.17) is 0 Å². The lowest BCUT2D eigenvalue weighted by Gasteiger charge is -2.06. The molecule has 7 heteroatoms. The summed E-state index contributed by atoms with van der Waals surface area (Å²) in [5.74, 6) is 0.0558. The normalized spacial score (nSPS) is 15.5. The Balaban J connectivity index is 1.72. The fourth-order valence-electron chi connectivity index (χ4n) is 1.81. The number of halogens is 2. The van der Waals surface area contributed by atoms with Crippen molar-refractivity contribution in [2.24, 2.45) is 0 Å². The van der Waals surface area contributed by atoms with E-state index in [1.54, 1.807) is 12.4 Å². The van der Waals surface area contributed by atoms with Crippen LogP contribution in [0.1, 0.15) is 11.4 Å². The first-order chi connectivity index (χ1) is 9.03. The number of hydrogen-bond acceptors (Lipinski definition) is 4. The molecule has 2 N–H and O–H groups in total. The summed E-state index contributed by atoms with van der Waals surface area (Å²) in [6.45, 7) is 2.40. The SMILES string of the molecule is Cc1[nH]cnc1CNc1ccc2c(c1)OC(F)(F)O2. The van der Waals surface area contributed by atoms with Crippen molar-refractivity contribution in [1.29, 1.82) is 0 Å². The van der Waals surface area contributed by atoms with Crippen LogP contribution in [0, 0.1) is 6.92 Å². The largest absolute Gasteiger partial charge is 0.586 e. The molecule has 0 spiro atoms. The van der Waals surface area contributed by atoms with E-state index >= 15 is 0 Å². The summed E-state index contributed by atoms with van der Waals surface area (Å²) >= 11 is 0. The van der Waals surface area contributed by atoms with Gasteiger partial charge in [-0.05, 0) is 19.1 Å². The van der Waals surface area contributed by atoms with Gasteiger partial charge in [-0.1, -0.05) is 0 Å². The average molecular weight is 267 g/mol. The third kappa shape index (κ3) is 2.31. The predicted octanol–water partition coefficient (Wildman–Crippen LogP) is 2.65. The molecule has 3 rings (SSSR count). The van der Waals surface area contributed by atoms with Gasteiger partial charge < -0.3 is 19.8 Å². The summed E-state index contributed by atoms with van der Waals surface area (Å²) in [5, 5.41) is 3.08. The minimum atomic E-state index is -3.58. The first-order valence-corrected chi connectivity index (χ1v) is 5.66. The number of aromatic nitrogens is 2. The van der Waals surface area contributed by atoms with Gasteiger partial charge >= 0.3 is 6.29 Å². The molecule has 0 saturated carbocycles. The Hall–Kier alpha value is -2.31. The van der Waals surface area contributed by atoms with Gasteiger partial charge in [-0.2, -0.15) is 0 Å². The maximum atomic E-state index is 12.9. The van der Waals surface area contributed by atoms with Gasteiger partial charge in [0.15, 0.2) is 11.5 Å². The maximum Gasteiger partial charge on any atom is 0.586 e. The van der Waals surface area contributed by atoms with Crippen LogP contribution in [-0.4, -0.2) is 16.3 Å². The first-order valence-electron chi connectivity index (χ1n) is 5.66. The Bertz CT molecular complexity index is 613. The van der Waals surface area contributed by atoms with E-state index in [2.05, 4.69) is 24.8 Å². The van der Waals surface area contributed by atoms with Crippen molar-refractivity contribution in [2.75, 3.05) is 5.32 Å². The van der Waals surface area contributed by atoms with Crippen molar-refractivity contribution < 1.29 is 18.3 Å². The van der Waals surface area contributed by atoms with Crippen molar-refractivity contribution in [3.05, 3.63) is 35.9 Å². The zero-order valence-electron chi connectivity index (χ0n) is 10.0. The molecule has 1 aromatic carbocycles. The number of ether oxygens (including phenoxy) is 2. The van der Waals surface area contributed by atoms with Gasteiger partial charge in [0.05, 0.1) is 18.6 Å². The minimum Gasteiger partial charge on any atom is -0.395 e. The van der Waals surface area contributed by atoms with Gasteiger partial charge in [-0.3, -0.25) is 0 Å². The van der Waals surface area contributed by atoms with Gasteiger partial charge in [-0.15, -0.1) is 8.78 Å². The van der Waals surface area contributed by atoms with E-state index in [0.717, 1.165) is 11.4 Å². The second kappa shape index (κ2) is 4.11. The second-order valence-electron chi connectivity index (χ2n) is 4.16. The van der Waals surface area contributed by atoms with Crippen molar-refractivity contribution >= 4 is 5.69 Å². The van der Waals surface area contributed by atoms with Gasteiger partial charge in [0.2, 0.25) is 0 Å². The highest BCUT2D eigenvalue weighted by Gasteiger charge is 2.43. The Labute approximate surface area is 107 Å². The Morgan fingerprint density at radius 3 is 2.84 bits per heavy atom. The van der Waals surface area contributed by atoms with E-state index in [1.165, 1.54) is 12.1 Å². The third-order valence-electron chi connectivity index (χ3n) is 2.80. The summed E-state index contributed by atoms with van der Waals surface area (Å²) in [6.07, 6.45) is -1.98. The average Bonchev–Trinajstić information content (AvgIpc) is 2.87. The fourth-order valence-corrected chi connectivity index (χ4v) is 1.81. The second-order valence-corrected chi connectivity index (χ2v) is 4.16. The van der Waals surface area contributed by atoms with E-state index in [0.29, 0.717) is 12.2 Å². The lowest BCUT2D eigenvalue weighted by molar-refractivity contribution is -0.286. The molecule has 0 amide bonds. The zero-order chi connectivity index (χ0) is 13.5. The molecule has 0 aliphatic carbocycles. The summed E-state index contributed by atoms with van der Waals surface area (Å²) < 4.78 is 34.4. The third-order valence-corrected chi connectivity index (χ3v) is 2.80. The highest BCUT2D eigenvalue weighted by atomic mass is 19.3. The highest BCUT2D eigenvalue weighted by Crippen LogP contribution is 2.42. The predicted molar refractivity (Wildman–Crippen MR) is 63.3 cm³/mol. The number of H-pyrrole nitrogens is 1. The Morgan fingerprint density at radius 2 is 2.11 bits per heavy atom. The number of nitrogens with zero attached hydrogens (tertiary/aromatic N) is 1. The number of imidazole rings is 1. The molecule has 0 fully saturated rings. The molecule has 5 nitrogen and oxygen atoms in total. The fraction of sp³-hybridized carbons (Fsp3) is 0.250. The van der Waals surface area contributed by atoms with Crippen LogP contribution in [0.5, 0.6) is 11.5 Å². The molecule has 1 aliphatic heterocycles. The topological polar surface area (TPSA) is 59.2 Å². The number of rotatable bonds is 3. The maximum absolute atomic E-state index is 12.9. The van der Waals surface area contributed by atoms with Crippen LogP contribution < -0.4 is 14.8 Å². The van der Waals surface area contributed by atoms with Crippen LogP contribution in [0.2, 0.25) is 0 Å². The zero-order valence-corrected chi connectivity index (χ0v) is 10.0. The number of nitrogens with one attached hydrogen (secondary N) is 2. The summed E-state index contributed by atoms with van der Waals surface area (Å²) in [4.78, 5) is 7.09. The van der Waals surface area contributed by atoms with Crippen molar-refractivity contribution in [2.45, 2.75) is 19.8 Å². The Kier molecular flexibility index (Phi) is 2.55. The molecule has 0 bridgehead atoms. The van der Waals surface area contributed by atoms with Crippen LogP contribution in [0.4, 0.5) is 14.5 Å². The van der Waals surface area contributed by atoms with E-state index in [-0.39, 0.29) is 11.5 Å². The molecule has 1 aromatic heterocycles. The van der Waals surface area contributed by atoms with Gasteiger partial charge in [0.1, 0.15) is 0 Å². The molecule has 2 aromatic rings. The van der Waals surface area contributed by atoms with Gasteiger partial charge in [0.25, 0.3) is 0 Å². The van der Waals surface area contributed by atoms with Crippen LogP contribution in [0.25, 0.3) is 0 Å². The van der Waals surface area contributed by atoms with Crippen molar-refractivity contribution in [3.63, 3.8) is 0 Å². The quantitative estimate of drug-likeness (QED) is 0.897. The number of benzene rings is 1.